The van der Waals surface area contributed by atoms with Crippen LogP contribution in [0.25, 0.3) is 6.08 Å². The van der Waals surface area contributed by atoms with Gasteiger partial charge in [0.25, 0.3) is 5.91 Å². The van der Waals surface area contributed by atoms with Crippen LogP contribution >= 0.6 is 12.2 Å². The maximum Gasteiger partial charge on any atom is 0.311 e. The number of rotatable bonds is 3. The molecule has 1 amide bonds. The third kappa shape index (κ3) is 2.57. The predicted octanol–water partition coefficient (Wildman–Crippen LogP) is 1.72. The molecular weight excluding hydrogens is 294 g/mol. The van der Waals surface area contributed by atoms with Crippen LogP contribution in [0.3, 0.4) is 0 Å². The molecule has 0 unspecified atom stereocenters. The lowest BCUT2D eigenvalue weighted by molar-refractivity contribution is -0.385. The van der Waals surface area contributed by atoms with E-state index in [9.17, 15) is 20.0 Å². The van der Waals surface area contributed by atoms with Gasteiger partial charge in [0.1, 0.15) is 5.70 Å². The molecule has 7 nitrogen and oxygen atoms in total. The Bertz CT molecular complexity index is 671. The molecule has 0 radical (unpaired) electrons. The zero-order valence-electron chi connectivity index (χ0n) is 11.4. The Morgan fingerprint density at radius 1 is 1.48 bits per heavy atom. The number of phenols is 1. The van der Waals surface area contributed by atoms with Gasteiger partial charge in [-0.25, -0.2) is 0 Å². The Morgan fingerprint density at radius 3 is 2.67 bits per heavy atom. The first kappa shape index (κ1) is 14.9. The summed E-state index contributed by atoms with van der Waals surface area (Å²) in [6.07, 6.45) is 1.51. The fraction of sp³-hybridized carbons (Fsp3) is 0.231. The summed E-state index contributed by atoms with van der Waals surface area (Å²) in [6.45, 7) is 2.27. The van der Waals surface area contributed by atoms with Gasteiger partial charge in [0.15, 0.2) is 10.9 Å². The highest BCUT2D eigenvalue weighted by molar-refractivity contribution is 7.80. The normalized spacial score (nSPS) is 17.0. The third-order valence-corrected chi connectivity index (χ3v) is 3.65. The van der Waals surface area contributed by atoms with E-state index in [0.717, 1.165) is 0 Å². The van der Waals surface area contributed by atoms with Crippen molar-refractivity contribution in [1.29, 1.82) is 0 Å². The molecule has 1 saturated heterocycles. The second-order valence-corrected chi connectivity index (χ2v) is 4.79. The molecule has 1 aliphatic heterocycles. The first-order valence-electron chi connectivity index (χ1n) is 6.15. The van der Waals surface area contributed by atoms with Gasteiger partial charge >= 0.3 is 5.69 Å². The minimum Gasteiger partial charge on any atom is -0.502 e. The standard InChI is InChI=1S/C13H13N3O4S/c1-3-15-12(18)10(14(2)13(15)21)7-8-4-5-11(17)9(6-8)16(19)20/h4-7,17H,3H2,1-2H3/b10-7-. The maximum absolute atomic E-state index is 12.2. The minimum absolute atomic E-state index is 0.249. The monoisotopic (exact) mass is 307 g/mol. The largest absolute Gasteiger partial charge is 0.502 e. The quantitative estimate of drug-likeness (QED) is 0.396. The number of nitro benzene ring substituents is 1. The Balaban J connectivity index is 2.45. The number of thiocarbonyl (C=S) groups is 1. The highest BCUT2D eigenvalue weighted by Gasteiger charge is 2.34. The number of phenolic OH excluding ortho intramolecular Hbond substituents is 1. The molecule has 0 bridgehead atoms. The zero-order valence-corrected chi connectivity index (χ0v) is 12.3. The maximum atomic E-state index is 12.2. The van der Waals surface area contributed by atoms with Gasteiger partial charge < -0.3 is 10.0 Å². The molecule has 1 fully saturated rings. The van der Waals surface area contributed by atoms with Crippen molar-refractivity contribution >= 4 is 35.0 Å². The lowest BCUT2D eigenvalue weighted by Crippen LogP contribution is -2.30. The topological polar surface area (TPSA) is 86.9 Å². The van der Waals surface area contributed by atoms with Crippen LogP contribution in [0.2, 0.25) is 0 Å². The predicted molar refractivity (Wildman–Crippen MR) is 80.5 cm³/mol. The van der Waals surface area contributed by atoms with Gasteiger partial charge in [0.05, 0.1) is 4.92 Å². The average Bonchev–Trinajstić information content (AvgIpc) is 2.64. The van der Waals surface area contributed by atoms with Crippen molar-refractivity contribution < 1.29 is 14.8 Å². The van der Waals surface area contributed by atoms with Crippen LogP contribution in [0.1, 0.15) is 12.5 Å². The van der Waals surface area contributed by atoms with Crippen LogP contribution in [0.5, 0.6) is 5.75 Å². The van der Waals surface area contributed by atoms with E-state index in [4.69, 9.17) is 12.2 Å². The van der Waals surface area contributed by atoms with Crippen molar-refractivity contribution in [3.63, 3.8) is 0 Å². The van der Waals surface area contributed by atoms with Crippen molar-refractivity contribution in [1.82, 2.24) is 9.80 Å². The number of hydrogen-bond donors (Lipinski definition) is 1. The summed E-state index contributed by atoms with van der Waals surface area (Å²) < 4.78 is 0. The van der Waals surface area contributed by atoms with Crippen LogP contribution in [-0.2, 0) is 4.79 Å². The molecule has 1 aromatic rings. The number of nitrogens with zero attached hydrogens (tertiary/aromatic N) is 3. The Hall–Kier alpha value is -2.48. The second-order valence-electron chi connectivity index (χ2n) is 4.43. The van der Waals surface area contributed by atoms with Gasteiger partial charge in [-0.3, -0.25) is 19.8 Å². The van der Waals surface area contributed by atoms with E-state index in [1.54, 1.807) is 11.9 Å². The summed E-state index contributed by atoms with van der Waals surface area (Å²) >= 11 is 5.16. The van der Waals surface area contributed by atoms with Crippen LogP contribution < -0.4 is 0 Å². The summed E-state index contributed by atoms with van der Waals surface area (Å²) in [4.78, 5) is 25.3. The van der Waals surface area contributed by atoms with Gasteiger partial charge in [-0.05, 0) is 36.8 Å². The van der Waals surface area contributed by atoms with Crippen molar-refractivity contribution in [3.05, 3.63) is 39.6 Å². The summed E-state index contributed by atoms with van der Waals surface area (Å²) in [5, 5.41) is 20.6. The summed E-state index contributed by atoms with van der Waals surface area (Å²) in [5.41, 5.74) is 0.365. The molecule has 110 valence electrons. The SMILES string of the molecule is CCN1C(=O)/C(=C/c2ccc(O)c([N+](=O)[O-])c2)N(C)C1=S. The highest BCUT2D eigenvalue weighted by atomic mass is 32.1. The van der Waals surface area contributed by atoms with Crippen molar-refractivity contribution in [2.24, 2.45) is 0 Å². The highest BCUT2D eigenvalue weighted by Crippen LogP contribution is 2.28. The molecule has 21 heavy (non-hydrogen) atoms. The van der Waals surface area contributed by atoms with Crippen molar-refractivity contribution in [3.8, 4) is 5.75 Å². The molecule has 2 rings (SSSR count). The Labute approximate surface area is 126 Å². The molecule has 8 heteroatoms. The lowest BCUT2D eigenvalue weighted by atomic mass is 10.1. The zero-order chi connectivity index (χ0) is 15.7. The van der Waals surface area contributed by atoms with Crippen LogP contribution in [0.15, 0.2) is 23.9 Å². The van der Waals surface area contributed by atoms with E-state index in [-0.39, 0.29) is 5.91 Å². The number of carbonyl (C=O) groups excluding carboxylic acids is 1. The van der Waals surface area contributed by atoms with E-state index in [2.05, 4.69) is 0 Å². The molecule has 1 N–H and O–H groups in total. The summed E-state index contributed by atoms with van der Waals surface area (Å²) in [6, 6.07) is 3.93. The number of nitro groups is 1. The lowest BCUT2D eigenvalue weighted by Gasteiger charge is -2.13. The van der Waals surface area contributed by atoms with Crippen molar-refractivity contribution in [2.45, 2.75) is 6.92 Å². The van der Waals surface area contributed by atoms with Gasteiger partial charge in [-0.15, -0.1) is 0 Å². The number of hydrogen-bond acceptors (Lipinski definition) is 5. The molecule has 1 aromatic carbocycles. The van der Waals surface area contributed by atoms with Gasteiger partial charge in [-0.1, -0.05) is 6.07 Å². The number of likely N-dealkylation sites (N-methyl/N-ethyl adjacent to an activating group) is 2. The first-order valence-corrected chi connectivity index (χ1v) is 6.56. The van der Waals surface area contributed by atoms with Gasteiger partial charge in [0, 0.05) is 19.7 Å². The van der Waals surface area contributed by atoms with E-state index in [1.807, 2.05) is 6.92 Å². The average molecular weight is 307 g/mol. The van der Waals surface area contributed by atoms with Crippen molar-refractivity contribution in [2.75, 3.05) is 13.6 Å². The fourth-order valence-corrected chi connectivity index (χ4v) is 2.33. The van der Waals surface area contributed by atoms with E-state index in [1.165, 1.54) is 29.2 Å². The number of carbonyl (C=O) groups is 1. The molecule has 0 aromatic heterocycles. The first-order chi connectivity index (χ1) is 9.86. The summed E-state index contributed by atoms with van der Waals surface area (Å²) in [7, 11) is 1.66. The second kappa shape index (κ2) is 5.49. The molecule has 0 aliphatic carbocycles. The van der Waals surface area contributed by atoms with Gasteiger partial charge in [0.2, 0.25) is 0 Å². The smallest absolute Gasteiger partial charge is 0.311 e. The minimum atomic E-state index is -0.680. The van der Waals surface area contributed by atoms with E-state index < -0.39 is 16.4 Å². The number of amides is 1. The molecule has 0 saturated carbocycles. The summed E-state index contributed by atoms with van der Waals surface area (Å²) in [5.74, 6) is -0.667. The van der Waals surface area contributed by atoms with Crippen LogP contribution in [0.4, 0.5) is 5.69 Å². The Morgan fingerprint density at radius 2 is 2.14 bits per heavy atom. The van der Waals surface area contributed by atoms with Crippen LogP contribution in [0, 0.1) is 10.1 Å². The fourth-order valence-electron chi connectivity index (χ4n) is 2.02. The molecule has 0 spiro atoms. The van der Waals surface area contributed by atoms with Crippen LogP contribution in [-0.4, -0.2) is 44.4 Å². The number of benzene rings is 1. The Kier molecular flexibility index (Phi) is 3.90. The molecule has 0 atom stereocenters. The molecule has 1 heterocycles. The van der Waals surface area contributed by atoms with Gasteiger partial charge in [-0.2, -0.15) is 0 Å². The van der Waals surface area contributed by atoms with E-state index in [0.29, 0.717) is 22.9 Å². The number of aromatic hydroxyl groups is 1. The van der Waals surface area contributed by atoms with E-state index >= 15 is 0 Å². The molecular formula is C13H13N3O4S. The third-order valence-electron chi connectivity index (χ3n) is 3.16. The molecule has 1 aliphatic rings.